The maximum absolute atomic E-state index is 15.5. The topological polar surface area (TPSA) is 67.6 Å². The third-order valence-corrected chi connectivity index (χ3v) is 5.56. The minimum atomic E-state index is -1.35. The van der Waals surface area contributed by atoms with Crippen LogP contribution in [-0.2, 0) is 0 Å². The van der Waals surface area contributed by atoms with Gasteiger partial charge in [0, 0.05) is 24.2 Å². The van der Waals surface area contributed by atoms with Crippen LogP contribution in [0.25, 0.3) is 10.9 Å². The van der Waals surface area contributed by atoms with Gasteiger partial charge in [0.1, 0.15) is 11.9 Å². The molecule has 142 valence electrons. The molecule has 0 bridgehead atoms. The second-order valence-electron chi connectivity index (χ2n) is 7.74. The van der Waals surface area contributed by atoms with Crippen molar-refractivity contribution in [1.29, 1.82) is 0 Å². The number of nitrogens with zero attached hydrogens (tertiary/aromatic N) is 3. The molecule has 1 saturated heterocycles. The SMILES string of the molecule is COc1cc2nn([C@@H]3CCN(C(=O)O)C(C(C)(C)C)[C@@H]3F)cc2cc1Br. The lowest BCUT2D eigenvalue weighted by Crippen LogP contribution is -2.58. The number of alkyl halides is 1. The first kappa shape index (κ1) is 18.9. The zero-order chi connectivity index (χ0) is 19.2. The second-order valence-corrected chi connectivity index (χ2v) is 8.60. The number of methoxy groups -OCH3 is 1. The second kappa shape index (κ2) is 6.72. The number of carboxylic acid groups (broad SMARTS) is 1. The number of halogens is 2. The summed E-state index contributed by atoms with van der Waals surface area (Å²) in [5.74, 6) is 0.660. The Morgan fingerprint density at radius 2 is 2.12 bits per heavy atom. The molecule has 3 rings (SSSR count). The van der Waals surface area contributed by atoms with E-state index in [9.17, 15) is 9.90 Å². The predicted octanol–water partition coefficient (Wildman–Crippen LogP) is 4.49. The number of fused-ring (bicyclic) bond motifs is 1. The van der Waals surface area contributed by atoms with E-state index in [0.717, 1.165) is 9.86 Å². The molecule has 2 aromatic rings. The van der Waals surface area contributed by atoms with Gasteiger partial charge in [-0.3, -0.25) is 4.68 Å². The molecule has 3 atom stereocenters. The van der Waals surface area contributed by atoms with E-state index in [1.807, 2.05) is 33.0 Å². The van der Waals surface area contributed by atoms with E-state index in [1.54, 1.807) is 17.9 Å². The summed E-state index contributed by atoms with van der Waals surface area (Å²) < 4.78 is 23.2. The number of piperidine rings is 1. The van der Waals surface area contributed by atoms with E-state index < -0.39 is 29.8 Å². The number of carbonyl (C=O) groups is 1. The normalized spacial score (nSPS) is 24.1. The Kier molecular flexibility index (Phi) is 4.90. The van der Waals surface area contributed by atoms with Gasteiger partial charge in [-0.2, -0.15) is 5.10 Å². The Labute approximate surface area is 160 Å². The summed E-state index contributed by atoms with van der Waals surface area (Å²) >= 11 is 3.45. The summed E-state index contributed by atoms with van der Waals surface area (Å²) in [6, 6.07) is 2.45. The highest BCUT2D eigenvalue weighted by atomic mass is 79.9. The summed E-state index contributed by atoms with van der Waals surface area (Å²) in [6.45, 7) is 5.88. The summed E-state index contributed by atoms with van der Waals surface area (Å²) in [5, 5.41) is 14.9. The van der Waals surface area contributed by atoms with Crippen molar-refractivity contribution in [3.8, 4) is 5.75 Å². The molecule has 8 heteroatoms. The van der Waals surface area contributed by atoms with E-state index in [2.05, 4.69) is 21.0 Å². The van der Waals surface area contributed by atoms with E-state index in [0.29, 0.717) is 17.7 Å². The fraction of sp³-hybridized carbons (Fsp3) is 0.556. The van der Waals surface area contributed by atoms with Crippen LogP contribution in [0.4, 0.5) is 9.18 Å². The molecule has 1 aromatic heterocycles. The molecule has 1 aliphatic heterocycles. The number of likely N-dealkylation sites (tertiary alicyclic amines) is 1. The fourth-order valence-electron chi connectivity index (χ4n) is 3.76. The van der Waals surface area contributed by atoms with Crippen LogP contribution in [0.5, 0.6) is 5.75 Å². The Balaban J connectivity index is 1.99. The van der Waals surface area contributed by atoms with Gasteiger partial charge in [-0.05, 0) is 33.8 Å². The van der Waals surface area contributed by atoms with Crippen LogP contribution in [0.15, 0.2) is 22.8 Å². The predicted molar refractivity (Wildman–Crippen MR) is 101 cm³/mol. The van der Waals surface area contributed by atoms with Crippen molar-refractivity contribution in [2.75, 3.05) is 13.7 Å². The minimum Gasteiger partial charge on any atom is -0.495 e. The highest BCUT2D eigenvalue weighted by Crippen LogP contribution is 2.39. The van der Waals surface area contributed by atoms with Crippen LogP contribution >= 0.6 is 15.9 Å². The molecule has 1 aromatic carbocycles. The summed E-state index contributed by atoms with van der Waals surface area (Å²) in [7, 11) is 1.58. The van der Waals surface area contributed by atoms with Crippen molar-refractivity contribution in [3.05, 3.63) is 22.8 Å². The Morgan fingerprint density at radius 1 is 1.42 bits per heavy atom. The third-order valence-electron chi connectivity index (χ3n) is 4.94. The average Bonchev–Trinajstić information content (AvgIpc) is 2.94. The lowest BCUT2D eigenvalue weighted by atomic mass is 9.78. The number of benzene rings is 1. The molecule has 1 aliphatic rings. The molecule has 1 N–H and O–H groups in total. The van der Waals surface area contributed by atoms with Gasteiger partial charge in [0.2, 0.25) is 0 Å². The first-order chi connectivity index (χ1) is 12.1. The number of ether oxygens (including phenoxy) is 1. The molecule has 1 fully saturated rings. The first-order valence-electron chi connectivity index (χ1n) is 8.49. The number of hydrogen-bond donors (Lipinski definition) is 1. The largest absolute Gasteiger partial charge is 0.495 e. The number of aromatic nitrogens is 2. The molecule has 0 spiro atoms. The van der Waals surface area contributed by atoms with Crippen molar-refractivity contribution < 1.29 is 19.0 Å². The van der Waals surface area contributed by atoms with Crippen LogP contribution in [0.2, 0.25) is 0 Å². The van der Waals surface area contributed by atoms with Gasteiger partial charge in [-0.15, -0.1) is 0 Å². The Hall–Kier alpha value is -1.83. The molecule has 26 heavy (non-hydrogen) atoms. The molecule has 6 nitrogen and oxygen atoms in total. The van der Waals surface area contributed by atoms with Crippen molar-refractivity contribution in [3.63, 3.8) is 0 Å². The highest BCUT2D eigenvalue weighted by molar-refractivity contribution is 9.10. The van der Waals surface area contributed by atoms with Gasteiger partial charge in [0.05, 0.1) is 29.2 Å². The fourth-order valence-corrected chi connectivity index (χ4v) is 4.28. The van der Waals surface area contributed by atoms with E-state index in [-0.39, 0.29) is 6.54 Å². The van der Waals surface area contributed by atoms with E-state index >= 15 is 4.39 Å². The zero-order valence-electron chi connectivity index (χ0n) is 15.2. The van der Waals surface area contributed by atoms with Gasteiger partial charge < -0.3 is 14.7 Å². The molecule has 1 unspecified atom stereocenters. The minimum absolute atomic E-state index is 0.283. The first-order valence-corrected chi connectivity index (χ1v) is 9.29. The van der Waals surface area contributed by atoms with Gasteiger partial charge in [0.15, 0.2) is 0 Å². The Morgan fingerprint density at radius 3 is 2.69 bits per heavy atom. The van der Waals surface area contributed by atoms with Crippen molar-refractivity contribution in [2.45, 2.75) is 45.4 Å². The molecule has 0 saturated carbocycles. The maximum Gasteiger partial charge on any atom is 0.407 e. The number of hydrogen-bond acceptors (Lipinski definition) is 3. The van der Waals surface area contributed by atoms with Gasteiger partial charge >= 0.3 is 6.09 Å². The monoisotopic (exact) mass is 427 g/mol. The average molecular weight is 428 g/mol. The van der Waals surface area contributed by atoms with Gasteiger partial charge in [-0.1, -0.05) is 20.8 Å². The van der Waals surface area contributed by atoms with Crippen molar-refractivity contribution in [2.24, 2.45) is 5.41 Å². The lowest BCUT2D eigenvalue weighted by Gasteiger charge is -2.46. The lowest BCUT2D eigenvalue weighted by molar-refractivity contribution is -0.0205. The summed E-state index contributed by atoms with van der Waals surface area (Å²) in [5.41, 5.74) is 0.195. The number of rotatable bonds is 2. The molecular weight excluding hydrogens is 405 g/mol. The van der Waals surface area contributed by atoms with Gasteiger partial charge in [0.25, 0.3) is 0 Å². The third kappa shape index (κ3) is 3.26. The van der Waals surface area contributed by atoms with Crippen LogP contribution in [0, 0.1) is 5.41 Å². The quantitative estimate of drug-likeness (QED) is 0.766. The Bertz CT molecular complexity index is 833. The van der Waals surface area contributed by atoms with Crippen molar-refractivity contribution in [1.82, 2.24) is 14.7 Å². The molecular formula is C18H23BrFN3O3. The molecule has 0 radical (unpaired) electrons. The molecule has 2 heterocycles. The smallest absolute Gasteiger partial charge is 0.407 e. The highest BCUT2D eigenvalue weighted by Gasteiger charge is 2.47. The summed E-state index contributed by atoms with van der Waals surface area (Å²) in [4.78, 5) is 12.8. The van der Waals surface area contributed by atoms with Crippen LogP contribution in [-0.4, -0.2) is 51.7 Å². The summed E-state index contributed by atoms with van der Waals surface area (Å²) in [6.07, 6.45) is -0.232. The maximum atomic E-state index is 15.5. The van der Waals surface area contributed by atoms with E-state index in [4.69, 9.17) is 4.74 Å². The van der Waals surface area contributed by atoms with Crippen LogP contribution < -0.4 is 4.74 Å². The van der Waals surface area contributed by atoms with Crippen molar-refractivity contribution >= 4 is 32.9 Å². The van der Waals surface area contributed by atoms with Crippen LogP contribution in [0.1, 0.15) is 33.2 Å². The molecule has 1 amide bonds. The standard InChI is InChI=1S/C18H23BrFN3O3/c1-18(2,3)16-15(20)13(5-6-22(16)17(24)25)23-9-10-7-11(19)14(26-4)8-12(10)21-23/h7-9,13,15-16H,5-6H2,1-4H3,(H,24,25)/t13-,15-,16?/m1/s1. The van der Waals surface area contributed by atoms with Crippen LogP contribution in [0.3, 0.4) is 0 Å². The number of amides is 1. The molecule has 0 aliphatic carbocycles. The van der Waals surface area contributed by atoms with E-state index in [1.165, 1.54) is 4.90 Å². The zero-order valence-corrected chi connectivity index (χ0v) is 16.8. The van der Waals surface area contributed by atoms with Gasteiger partial charge in [-0.25, -0.2) is 9.18 Å².